The number of ether oxygens (including phenoxy) is 1. The normalized spacial score (nSPS) is 26.8. The number of aromatic amines is 1. The van der Waals surface area contributed by atoms with E-state index in [1.54, 1.807) is 24.3 Å². The summed E-state index contributed by atoms with van der Waals surface area (Å²) >= 11 is 14.6. The number of thioether (sulfide) groups is 1. The SMILES string of the molecule is O=C(COc1ccc([C@H]2c3sc(=O)[nH]c3SC3C4CC(C5C(=O)N(c6cccc(C(F)(F)F)c6)C(=O)C45)C32)cc1)Nc1ccc(Cl)c(Cl)c1. The Morgan fingerprint density at radius 1 is 0.959 bits per heavy atom. The molecule has 2 bridgehead atoms. The lowest BCUT2D eigenvalue weighted by molar-refractivity contribution is -0.137. The Morgan fingerprint density at radius 2 is 1.69 bits per heavy atom. The van der Waals surface area contributed by atoms with Gasteiger partial charge in [0.15, 0.2) is 6.61 Å². The van der Waals surface area contributed by atoms with E-state index in [1.165, 1.54) is 30.0 Å². The van der Waals surface area contributed by atoms with Crippen LogP contribution >= 0.6 is 46.3 Å². The molecule has 2 aliphatic heterocycles. The highest BCUT2D eigenvalue weighted by Crippen LogP contribution is 2.68. The van der Waals surface area contributed by atoms with Crippen molar-refractivity contribution in [3.63, 3.8) is 0 Å². The summed E-state index contributed by atoms with van der Waals surface area (Å²) in [6.45, 7) is -0.265. The average molecular weight is 747 g/mol. The number of fused-ring (bicyclic) bond motifs is 9. The van der Waals surface area contributed by atoms with Crippen LogP contribution in [0.5, 0.6) is 5.75 Å². The van der Waals surface area contributed by atoms with Crippen LogP contribution in [0.25, 0.3) is 0 Å². The number of hydrogen-bond acceptors (Lipinski definition) is 7. The molecule has 1 aromatic heterocycles. The predicted molar refractivity (Wildman–Crippen MR) is 179 cm³/mol. The maximum absolute atomic E-state index is 13.9. The third-order valence-electron chi connectivity index (χ3n) is 9.97. The van der Waals surface area contributed by atoms with Crippen molar-refractivity contribution in [1.29, 1.82) is 0 Å². The number of benzene rings is 3. The maximum Gasteiger partial charge on any atom is 0.416 e. The van der Waals surface area contributed by atoms with Gasteiger partial charge in [0, 0.05) is 21.7 Å². The summed E-state index contributed by atoms with van der Waals surface area (Å²) in [5, 5.41) is 4.01. The molecule has 2 saturated carbocycles. The second kappa shape index (κ2) is 11.9. The highest BCUT2D eigenvalue weighted by atomic mass is 35.5. The summed E-state index contributed by atoms with van der Waals surface area (Å²) < 4.78 is 46.2. The van der Waals surface area contributed by atoms with Crippen LogP contribution in [0.2, 0.25) is 10.0 Å². The van der Waals surface area contributed by atoms with Crippen LogP contribution in [0, 0.1) is 29.6 Å². The Morgan fingerprint density at radius 3 is 2.41 bits per heavy atom. The monoisotopic (exact) mass is 745 g/mol. The van der Waals surface area contributed by atoms with E-state index in [0.717, 1.165) is 43.8 Å². The number of H-pyrrole nitrogens is 1. The third kappa shape index (κ3) is 5.45. The van der Waals surface area contributed by atoms with E-state index in [4.69, 9.17) is 27.9 Å². The molecule has 2 aliphatic carbocycles. The summed E-state index contributed by atoms with van der Waals surface area (Å²) in [5.74, 6) is -2.96. The van der Waals surface area contributed by atoms with E-state index in [2.05, 4.69) is 10.3 Å². The minimum atomic E-state index is -4.62. The summed E-state index contributed by atoms with van der Waals surface area (Å²) in [7, 11) is 0. The molecule has 0 radical (unpaired) electrons. The van der Waals surface area contributed by atoms with E-state index >= 15 is 0 Å². The highest BCUT2D eigenvalue weighted by molar-refractivity contribution is 8.00. The van der Waals surface area contributed by atoms with Crippen LogP contribution in [0.4, 0.5) is 24.5 Å². The number of carbonyl (C=O) groups excluding carboxylic acids is 3. The Balaban J connectivity index is 1.05. The first-order chi connectivity index (χ1) is 23.4. The first kappa shape index (κ1) is 32.4. The van der Waals surface area contributed by atoms with Crippen molar-refractivity contribution in [2.24, 2.45) is 29.6 Å². The van der Waals surface area contributed by atoms with Crippen molar-refractivity contribution in [1.82, 2.24) is 4.98 Å². The van der Waals surface area contributed by atoms with Gasteiger partial charge in [-0.05, 0) is 78.3 Å². The molecule has 15 heteroatoms. The van der Waals surface area contributed by atoms with Crippen molar-refractivity contribution in [2.75, 3.05) is 16.8 Å². The van der Waals surface area contributed by atoms with Crippen LogP contribution in [0.3, 0.4) is 0 Å². The van der Waals surface area contributed by atoms with Gasteiger partial charge in [0.25, 0.3) is 5.91 Å². The Hall–Kier alpha value is -3.78. The number of anilines is 2. The summed E-state index contributed by atoms with van der Waals surface area (Å²) in [4.78, 5) is 57.4. The second-order valence-electron chi connectivity index (χ2n) is 12.6. The molecule has 252 valence electrons. The van der Waals surface area contributed by atoms with Gasteiger partial charge in [0.05, 0.1) is 38.2 Å². The lowest BCUT2D eigenvalue weighted by Gasteiger charge is -2.43. The Bertz CT molecular complexity index is 2090. The molecule has 3 fully saturated rings. The Kier molecular flexibility index (Phi) is 7.89. The number of amides is 3. The lowest BCUT2D eigenvalue weighted by Crippen LogP contribution is -2.42. The number of nitrogens with one attached hydrogen (secondary N) is 2. The molecule has 1 saturated heterocycles. The van der Waals surface area contributed by atoms with E-state index < -0.39 is 41.3 Å². The molecule has 0 spiro atoms. The second-order valence-corrected chi connectivity index (χ2v) is 15.6. The fourth-order valence-electron chi connectivity index (χ4n) is 8.16. The van der Waals surface area contributed by atoms with Gasteiger partial charge in [-0.15, -0.1) is 11.8 Å². The van der Waals surface area contributed by atoms with Crippen molar-refractivity contribution in [3.05, 3.63) is 102 Å². The van der Waals surface area contributed by atoms with Crippen LogP contribution < -0.4 is 19.8 Å². The van der Waals surface area contributed by atoms with Gasteiger partial charge in [-0.1, -0.05) is 52.7 Å². The molecule has 3 heterocycles. The summed E-state index contributed by atoms with van der Waals surface area (Å²) in [6, 6.07) is 16.3. The fourth-order valence-corrected chi connectivity index (χ4v) is 11.3. The van der Waals surface area contributed by atoms with Gasteiger partial charge in [-0.25, -0.2) is 0 Å². The van der Waals surface area contributed by atoms with E-state index in [1.807, 2.05) is 12.1 Å². The average Bonchev–Trinajstić information content (AvgIpc) is 3.80. The van der Waals surface area contributed by atoms with Crippen LogP contribution in [0.1, 0.15) is 28.3 Å². The molecule has 3 amide bonds. The quantitative estimate of drug-likeness (QED) is 0.199. The minimum absolute atomic E-state index is 0.0736. The zero-order valence-electron chi connectivity index (χ0n) is 25.0. The van der Waals surface area contributed by atoms with Crippen LogP contribution in [-0.2, 0) is 20.6 Å². The van der Waals surface area contributed by atoms with Crippen molar-refractivity contribution in [3.8, 4) is 5.75 Å². The third-order valence-corrected chi connectivity index (χ3v) is 13.3. The number of nitrogens with zero attached hydrogens (tertiary/aromatic N) is 1. The first-order valence-corrected chi connectivity index (χ1v) is 17.8. The highest BCUT2D eigenvalue weighted by Gasteiger charge is 2.69. The molecule has 8 rings (SSSR count). The van der Waals surface area contributed by atoms with Crippen molar-refractivity contribution < 1.29 is 32.3 Å². The van der Waals surface area contributed by atoms with Crippen molar-refractivity contribution in [2.45, 2.75) is 28.8 Å². The van der Waals surface area contributed by atoms with Crippen LogP contribution in [-0.4, -0.2) is 34.6 Å². The number of aromatic nitrogens is 1. The van der Waals surface area contributed by atoms with E-state index in [9.17, 15) is 32.3 Å². The van der Waals surface area contributed by atoms with Crippen molar-refractivity contribution >= 4 is 75.4 Å². The molecule has 49 heavy (non-hydrogen) atoms. The molecule has 8 nitrogen and oxygen atoms in total. The predicted octanol–water partition coefficient (Wildman–Crippen LogP) is 7.46. The zero-order chi connectivity index (χ0) is 34.4. The molecule has 6 unspecified atom stereocenters. The molecule has 7 atom stereocenters. The van der Waals surface area contributed by atoms with Gasteiger partial charge < -0.3 is 15.0 Å². The van der Waals surface area contributed by atoms with E-state index in [-0.39, 0.29) is 46.1 Å². The number of rotatable bonds is 6. The topological polar surface area (TPSA) is 109 Å². The molecule has 4 aromatic rings. The largest absolute Gasteiger partial charge is 0.484 e. The lowest BCUT2D eigenvalue weighted by atomic mass is 9.68. The standard InChI is InChI=1S/C34H24Cl2F3N3O5S2/c35-21-9-6-16(11-22(21)36)40-23(43)13-47-18-7-4-14(5-8-18)24-25-19-12-20(28(25)48-30-29(24)49-33(46)41-30)27-26(19)31(44)42(32(27)45)17-3-1-2-15(10-17)34(37,38)39/h1-11,19-20,24-28H,12-13H2,(H,40,43)(H,41,46)/t19?,20?,24-,25?,26?,27?,28?/m1/s1. The van der Waals surface area contributed by atoms with Crippen LogP contribution in [0.15, 0.2) is 76.6 Å². The molecule has 4 aliphatic rings. The van der Waals surface area contributed by atoms with Gasteiger partial charge >= 0.3 is 11.0 Å². The van der Waals surface area contributed by atoms with Gasteiger partial charge in [0.2, 0.25) is 11.8 Å². The minimum Gasteiger partial charge on any atom is -0.484 e. The number of imide groups is 1. The zero-order valence-corrected chi connectivity index (χ0v) is 28.1. The summed E-state index contributed by atoms with van der Waals surface area (Å²) in [6.07, 6.45) is -3.99. The fraction of sp³-hybridized carbons (Fsp3) is 0.294. The smallest absolute Gasteiger partial charge is 0.416 e. The molecule has 3 aromatic carbocycles. The van der Waals surface area contributed by atoms with Gasteiger partial charge in [0.1, 0.15) is 5.75 Å². The first-order valence-electron chi connectivity index (χ1n) is 15.3. The molecule has 2 N–H and O–H groups in total. The number of halogens is 5. The van der Waals surface area contributed by atoms with E-state index in [0.29, 0.717) is 27.9 Å². The number of hydrogen-bond donors (Lipinski definition) is 2. The maximum atomic E-state index is 13.9. The number of carbonyl (C=O) groups is 3. The van der Waals surface area contributed by atoms with Gasteiger partial charge in [-0.3, -0.25) is 24.1 Å². The number of thiazole rings is 1. The summed E-state index contributed by atoms with van der Waals surface area (Å²) in [5.41, 5.74) is 0.353. The van der Waals surface area contributed by atoms with Gasteiger partial charge in [-0.2, -0.15) is 13.2 Å². The molecular weight excluding hydrogens is 722 g/mol. The molecular formula is C34H24Cl2F3N3O5S2. The Labute approximate surface area is 294 Å². The number of alkyl halides is 3.